The molecule has 1 fully saturated rings. The van der Waals surface area contributed by atoms with Gasteiger partial charge in [0, 0.05) is 0 Å². The van der Waals surface area contributed by atoms with E-state index in [4.69, 9.17) is 0 Å². The molecule has 2 aromatic rings. The topological polar surface area (TPSA) is 37.3 Å². The van der Waals surface area contributed by atoms with Crippen LogP contribution in [0, 0.1) is 0 Å². The Morgan fingerprint density at radius 3 is 2.39 bits per heavy atom. The van der Waals surface area contributed by atoms with Crippen molar-refractivity contribution in [1.82, 2.24) is 0 Å². The lowest BCUT2D eigenvalue weighted by Crippen LogP contribution is -2.32. The van der Waals surface area contributed by atoms with Gasteiger partial charge in [0.05, 0.1) is 5.41 Å². The smallest absolute Gasteiger partial charge is 0.314 e. The maximum Gasteiger partial charge on any atom is 0.314 e. The van der Waals surface area contributed by atoms with Gasteiger partial charge < -0.3 is 5.11 Å². The molecule has 3 rings (SSSR count). The molecule has 0 saturated heterocycles. The number of benzene rings is 2. The molecule has 0 heterocycles. The summed E-state index contributed by atoms with van der Waals surface area (Å²) in [5.74, 6) is -0.670. The highest BCUT2D eigenvalue weighted by Crippen LogP contribution is 2.43. The molecule has 1 N–H and O–H groups in total. The van der Waals surface area contributed by atoms with Crippen molar-refractivity contribution in [2.24, 2.45) is 0 Å². The zero-order chi connectivity index (χ0) is 12.6. The summed E-state index contributed by atoms with van der Waals surface area (Å²) >= 11 is 0. The molecule has 0 aromatic heterocycles. The maximum absolute atomic E-state index is 11.8. The van der Waals surface area contributed by atoms with Crippen molar-refractivity contribution < 1.29 is 9.90 Å². The summed E-state index contributed by atoms with van der Waals surface area (Å²) in [5, 5.41) is 11.9. The van der Waals surface area contributed by atoms with E-state index in [1.165, 1.54) is 0 Å². The van der Waals surface area contributed by atoms with Crippen LogP contribution >= 0.6 is 0 Å². The van der Waals surface area contributed by atoms with Crippen LogP contribution in [0.15, 0.2) is 42.5 Å². The van der Waals surface area contributed by atoms with Gasteiger partial charge in [-0.3, -0.25) is 4.79 Å². The van der Waals surface area contributed by atoms with Gasteiger partial charge in [-0.25, -0.2) is 0 Å². The molecular weight excluding hydrogens is 224 g/mol. The second-order valence-electron chi connectivity index (χ2n) is 5.12. The Morgan fingerprint density at radius 2 is 1.67 bits per heavy atom. The molecule has 0 atom stereocenters. The Kier molecular flexibility index (Phi) is 2.58. The molecule has 92 valence electrons. The molecule has 0 bridgehead atoms. The van der Waals surface area contributed by atoms with Crippen LogP contribution in [0.4, 0.5) is 0 Å². The van der Waals surface area contributed by atoms with Crippen molar-refractivity contribution in [3.63, 3.8) is 0 Å². The Hall–Kier alpha value is -1.83. The molecule has 2 heteroatoms. The number of hydrogen-bond donors (Lipinski definition) is 1. The summed E-state index contributed by atoms with van der Waals surface area (Å²) in [5.41, 5.74) is 0.325. The first kappa shape index (κ1) is 11.3. The maximum atomic E-state index is 11.8. The largest absolute Gasteiger partial charge is 0.481 e. The van der Waals surface area contributed by atoms with Crippen LogP contribution in [0.5, 0.6) is 0 Å². The van der Waals surface area contributed by atoms with Crippen molar-refractivity contribution in [3.8, 4) is 0 Å². The quantitative estimate of drug-likeness (QED) is 0.868. The molecule has 2 nitrogen and oxygen atoms in total. The minimum Gasteiger partial charge on any atom is -0.481 e. The lowest BCUT2D eigenvalue weighted by atomic mass is 9.77. The van der Waals surface area contributed by atoms with E-state index >= 15 is 0 Å². The van der Waals surface area contributed by atoms with Gasteiger partial charge >= 0.3 is 5.97 Å². The Labute approximate surface area is 106 Å². The third kappa shape index (κ3) is 1.52. The van der Waals surface area contributed by atoms with Gasteiger partial charge in [-0.05, 0) is 29.2 Å². The Balaban J connectivity index is 2.27. The minimum atomic E-state index is -0.670. The number of aliphatic carboxylic acids is 1. The molecule has 0 aliphatic heterocycles. The fourth-order valence-corrected chi connectivity index (χ4v) is 3.22. The third-order valence-electron chi connectivity index (χ3n) is 4.17. The number of carbonyl (C=O) groups is 1. The number of hydrogen-bond acceptors (Lipinski definition) is 1. The Bertz CT molecular complexity index is 590. The van der Waals surface area contributed by atoms with E-state index in [2.05, 4.69) is 0 Å². The third-order valence-corrected chi connectivity index (χ3v) is 4.17. The SMILES string of the molecule is O=C(O)C1(c2cccc3ccccc23)CCCC1. The number of carboxylic acid groups (broad SMARTS) is 1. The predicted octanol–water partition coefficient (Wildman–Crippen LogP) is 3.74. The summed E-state index contributed by atoms with van der Waals surface area (Å²) in [4.78, 5) is 11.8. The van der Waals surface area contributed by atoms with E-state index in [0.717, 1.165) is 42.0 Å². The standard InChI is InChI=1S/C16H16O2/c17-15(18)16(10-3-4-11-16)14-9-5-7-12-6-1-2-8-13(12)14/h1-2,5-9H,3-4,10-11H2,(H,17,18). The van der Waals surface area contributed by atoms with Crippen LogP contribution in [0.1, 0.15) is 31.2 Å². The van der Waals surface area contributed by atoms with Crippen LogP contribution in [0.2, 0.25) is 0 Å². The number of fused-ring (bicyclic) bond motifs is 1. The predicted molar refractivity (Wildman–Crippen MR) is 71.7 cm³/mol. The Morgan fingerprint density at radius 1 is 1.00 bits per heavy atom. The molecular formula is C16H16O2. The molecule has 0 unspecified atom stereocenters. The average Bonchev–Trinajstić information content (AvgIpc) is 2.88. The lowest BCUT2D eigenvalue weighted by Gasteiger charge is -2.26. The highest BCUT2D eigenvalue weighted by Gasteiger charge is 2.43. The highest BCUT2D eigenvalue weighted by atomic mass is 16.4. The molecule has 0 amide bonds. The fourth-order valence-electron chi connectivity index (χ4n) is 3.22. The molecule has 1 aliphatic rings. The normalized spacial score (nSPS) is 18.0. The van der Waals surface area contributed by atoms with Crippen LogP contribution < -0.4 is 0 Å². The summed E-state index contributed by atoms with van der Waals surface area (Å²) in [7, 11) is 0. The second-order valence-corrected chi connectivity index (χ2v) is 5.12. The molecule has 0 radical (unpaired) electrons. The van der Waals surface area contributed by atoms with Gasteiger partial charge in [0.15, 0.2) is 0 Å². The van der Waals surface area contributed by atoms with Gasteiger partial charge in [-0.1, -0.05) is 55.3 Å². The zero-order valence-corrected chi connectivity index (χ0v) is 10.2. The number of rotatable bonds is 2. The van der Waals surface area contributed by atoms with E-state index in [-0.39, 0.29) is 0 Å². The number of carboxylic acids is 1. The van der Waals surface area contributed by atoms with Gasteiger partial charge in [-0.15, -0.1) is 0 Å². The van der Waals surface area contributed by atoms with Crippen molar-refractivity contribution in [2.75, 3.05) is 0 Å². The van der Waals surface area contributed by atoms with Gasteiger partial charge in [0.2, 0.25) is 0 Å². The summed E-state index contributed by atoms with van der Waals surface area (Å²) < 4.78 is 0. The molecule has 2 aromatic carbocycles. The lowest BCUT2D eigenvalue weighted by molar-refractivity contribution is -0.143. The molecule has 1 aliphatic carbocycles. The molecule has 0 spiro atoms. The van der Waals surface area contributed by atoms with Crippen molar-refractivity contribution >= 4 is 16.7 Å². The van der Waals surface area contributed by atoms with Crippen LogP contribution in [0.25, 0.3) is 10.8 Å². The molecule has 18 heavy (non-hydrogen) atoms. The van der Waals surface area contributed by atoms with Gasteiger partial charge in [0.25, 0.3) is 0 Å². The first-order chi connectivity index (χ1) is 8.74. The first-order valence-corrected chi connectivity index (χ1v) is 6.46. The molecule has 1 saturated carbocycles. The van der Waals surface area contributed by atoms with E-state index in [1.807, 2.05) is 42.5 Å². The van der Waals surface area contributed by atoms with E-state index in [1.54, 1.807) is 0 Å². The van der Waals surface area contributed by atoms with E-state index < -0.39 is 11.4 Å². The average molecular weight is 240 g/mol. The summed E-state index contributed by atoms with van der Waals surface area (Å²) in [6, 6.07) is 14.1. The van der Waals surface area contributed by atoms with Crippen LogP contribution in [-0.4, -0.2) is 11.1 Å². The van der Waals surface area contributed by atoms with Crippen LogP contribution in [0.3, 0.4) is 0 Å². The van der Waals surface area contributed by atoms with Crippen molar-refractivity contribution in [3.05, 3.63) is 48.0 Å². The van der Waals surface area contributed by atoms with E-state index in [0.29, 0.717) is 0 Å². The first-order valence-electron chi connectivity index (χ1n) is 6.46. The zero-order valence-electron chi connectivity index (χ0n) is 10.2. The van der Waals surface area contributed by atoms with Gasteiger partial charge in [-0.2, -0.15) is 0 Å². The summed E-state index contributed by atoms with van der Waals surface area (Å²) in [6.07, 6.45) is 3.54. The highest BCUT2D eigenvalue weighted by molar-refractivity contribution is 5.93. The van der Waals surface area contributed by atoms with Gasteiger partial charge in [0.1, 0.15) is 0 Å². The van der Waals surface area contributed by atoms with Crippen molar-refractivity contribution in [1.29, 1.82) is 0 Å². The fraction of sp³-hybridized carbons (Fsp3) is 0.312. The van der Waals surface area contributed by atoms with Crippen molar-refractivity contribution in [2.45, 2.75) is 31.1 Å². The monoisotopic (exact) mass is 240 g/mol. The summed E-state index contributed by atoms with van der Waals surface area (Å²) in [6.45, 7) is 0. The second kappa shape index (κ2) is 4.13. The van der Waals surface area contributed by atoms with E-state index in [9.17, 15) is 9.90 Å². The van der Waals surface area contributed by atoms with Crippen LogP contribution in [-0.2, 0) is 10.2 Å². The minimum absolute atomic E-state index is 0.666.